The van der Waals surface area contributed by atoms with Crippen molar-refractivity contribution >= 4 is 22.9 Å². The van der Waals surface area contributed by atoms with Gasteiger partial charge in [0, 0.05) is 19.2 Å². The summed E-state index contributed by atoms with van der Waals surface area (Å²) in [5.74, 6) is -3.03. The molecule has 0 aliphatic rings. The standard InChI is InChI=1S/C20H19F2N3O4/c21-13-6-7-14(15(22)12-13)19(27)23-9-8-18(26)29-11-3-10-25-17-5-2-1-4-16(17)24-20(25)28/h1-2,4-7,12H,3,8-11H2,(H,23,27)(H,24,28). The van der Waals surface area contributed by atoms with Crippen molar-refractivity contribution in [2.75, 3.05) is 13.2 Å². The van der Waals surface area contributed by atoms with Crippen LogP contribution >= 0.6 is 0 Å². The van der Waals surface area contributed by atoms with E-state index < -0.39 is 23.5 Å². The number of benzene rings is 2. The topological polar surface area (TPSA) is 93.2 Å². The summed E-state index contributed by atoms with van der Waals surface area (Å²) in [7, 11) is 0. The third-order valence-electron chi connectivity index (χ3n) is 4.26. The van der Waals surface area contributed by atoms with Crippen LogP contribution in [0.3, 0.4) is 0 Å². The molecule has 152 valence electrons. The zero-order valence-corrected chi connectivity index (χ0v) is 15.4. The number of amides is 1. The predicted octanol–water partition coefficient (Wildman–Crippen LogP) is 2.36. The maximum atomic E-state index is 13.5. The minimum absolute atomic E-state index is 0.0452. The number of aromatic amines is 1. The molecule has 0 saturated carbocycles. The van der Waals surface area contributed by atoms with Crippen LogP contribution in [-0.4, -0.2) is 34.6 Å². The molecule has 0 spiro atoms. The fourth-order valence-corrected chi connectivity index (χ4v) is 2.86. The number of carbonyl (C=O) groups is 2. The molecule has 0 bridgehead atoms. The van der Waals surface area contributed by atoms with Crippen LogP contribution in [0.15, 0.2) is 47.3 Å². The minimum Gasteiger partial charge on any atom is -0.466 e. The van der Waals surface area contributed by atoms with E-state index in [0.29, 0.717) is 19.0 Å². The Morgan fingerprint density at radius 1 is 1.14 bits per heavy atom. The van der Waals surface area contributed by atoms with Crippen LogP contribution in [0.4, 0.5) is 8.78 Å². The Balaban J connectivity index is 1.38. The van der Waals surface area contributed by atoms with E-state index >= 15 is 0 Å². The lowest BCUT2D eigenvalue weighted by atomic mass is 10.2. The third kappa shape index (κ3) is 5.07. The molecule has 29 heavy (non-hydrogen) atoms. The number of esters is 1. The highest BCUT2D eigenvalue weighted by Crippen LogP contribution is 2.10. The second-order valence-electron chi connectivity index (χ2n) is 6.30. The summed E-state index contributed by atoms with van der Waals surface area (Å²) in [4.78, 5) is 38.3. The Labute approximate surface area is 164 Å². The van der Waals surface area contributed by atoms with Crippen molar-refractivity contribution in [2.24, 2.45) is 0 Å². The van der Waals surface area contributed by atoms with Gasteiger partial charge in [0.05, 0.1) is 29.6 Å². The van der Waals surface area contributed by atoms with Crippen LogP contribution in [-0.2, 0) is 16.1 Å². The molecule has 0 fully saturated rings. The second-order valence-corrected chi connectivity index (χ2v) is 6.30. The summed E-state index contributed by atoms with van der Waals surface area (Å²) in [6.07, 6.45) is 0.349. The lowest BCUT2D eigenvalue weighted by Crippen LogP contribution is -2.27. The molecule has 1 aromatic heterocycles. The molecule has 1 heterocycles. The van der Waals surface area contributed by atoms with Crippen LogP contribution in [0.2, 0.25) is 0 Å². The van der Waals surface area contributed by atoms with E-state index in [9.17, 15) is 23.2 Å². The first kappa shape index (κ1) is 20.2. The number of imidazole rings is 1. The number of carbonyl (C=O) groups excluding carboxylic acids is 2. The number of nitrogens with one attached hydrogen (secondary N) is 2. The van der Waals surface area contributed by atoms with Crippen LogP contribution in [0.1, 0.15) is 23.2 Å². The van der Waals surface area contributed by atoms with E-state index in [-0.39, 0.29) is 30.8 Å². The quantitative estimate of drug-likeness (QED) is 0.446. The number of rotatable bonds is 8. The summed E-state index contributed by atoms with van der Waals surface area (Å²) in [6, 6.07) is 9.91. The summed E-state index contributed by atoms with van der Waals surface area (Å²) < 4.78 is 33.0. The molecule has 0 radical (unpaired) electrons. The highest BCUT2D eigenvalue weighted by Gasteiger charge is 2.13. The van der Waals surface area contributed by atoms with Crippen LogP contribution < -0.4 is 11.0 Å². The maximum Gasteiger partial charge on any atom is 0.326 e. The first-order chi connectivity index (χ1) is 14.0. The van der Waals surface area contributed by atoms with Gasteiger partial charge in [0.25, 0.3) is 5.91 Å². The average Bonchev–Trinajstić information content (AvgIpc) is 3.00. The Kier molecular flexibility index (Phi) is 6.38. The van der Waals surface area contributed by atoms with Gasteiger partial charge in [-0.3, -0.25) is 14.2 Å². The number of fused-ring (bicyclic) bond motifs is 1. The van der Waals surface area contributed by atoms with E-state index in [1.54, 1.807) is 10.6 Å². The molecule has 2 N–H and O–H groups in total. The van der Waals surface area contributed by atoms with E-state index in [1.807, 2.05) is 18.2 Å². The van der Waals surface area contributed by atoms with Crippen molar-refractivity contribution < 1.29 is 23.1 Å². The first-order valence-corrected chi connectivity index (χ1v) is 9.02. The van der Waals surface area contributed by atoms with E-state index in [0.717, 1.165) is 23.2 Å². The monoisotopic (exact) mass is 403 g/mol. The molecular weight excluding hydrogens is 384 g/mol. The Hall–Kier alpha value is -3.49. The van der Waals surface area contributed by atoms with Crippen molar-refractivity contribution in [1.82, 2.24) is 14.9 Å². The Morgan fingerprint density at radius 2 is 1.93 bits per heavy atom. The average molecular weight is 403 g/mol. The number of nitrogens with zero attached hydrogens (tertiary/aromatic N) is 1. The molecule has 0 aliphatic carbocycles. The van der Waals surface area contributed by atoms with Crippen molar-refractivity contribution in [3.63, 3.8) is 0 Å². The van der Waals surface area contributed by atoms with Crippen LogP contribution in [0.25, 0.3) is 11.0 Å². The predicted molar refractivity (Wildman–Crippen MR) is 101 cm³/mol. The molecular formula is C20H19F2N3O4. The number of hydrogen-bond acceptors (Lipinski definition) is 4. The van der Waals surface area contributed by atoms with Gasteiger partial charge in [0.15, 0.2) is 0 Å². The molecule has 7 nitrogen and oxygen atoms in total. The summed E-state index contributed by atoms with van der Waals surface area (Å²) in [5, 5.41) is 2.38. The largest absolute Gasteiger partial charge is 0.466 e. The van der Waals surface area contributed by atoms with Crippen molar-refractivity contribution in [2.45, 2.75) is 19.4 Å². The lowest BCUT2D eigenvalue weighted by Gasteiger charge is -2.08. The first-order valence-electron chi connectivity index (χ1n) is 9.02. The van der Waals surface area contributed by atoms with Gasteiger partial charge in [-0.15, -0.1) is 0 Å². The number of aromatic nitrogens is 2. The van der Waals surface area contributed by atoms with E-state index in [2.05, 4.69) is 10.3 Å². The number of hydrogen-bond donors (Lipinski definition) is 2. The van der Waals surface area contributed by atoms with Gasteiger partial charge in [0.2, 0.25) is 0 Å². The smallest absolute Gasteiger partial charge is 0.326 e. The third-order valence-corrected chi connectivity index (χ3v) is 4.26. The maximum absolute atomic E-state index is 13.5. The highest BCUT2D eigenvalue weighted by molar-refractivity contribution is 5.94. The van der Waals surface area contributed by atoms with Crippen molar-refractivity contribution in [3.8, 4) is 0 Å². The SMILES string of the molecule is O=C(CCNC(=O)c1ccc(F)cc1F)OCCCn1c(=O)[nH]c2ccccc21. The van der Waals surface area contributed by atoms with E-state index in [4.69, 9.17) is 4.74 Å². The molecule has 0 unspecified atom stereocenters. The zero-order chi connectivity index (χ0) is 20.8. The molecule has 0 aliphatic heterocycles. The zero-order valence-electron chi connectivity index (χ0n) is 15.4. The van der Waals surface area contributed by atoms with Gasteiger partial charge >= 0.3 is 11.7 Å². The van der Waals surface area contributed by atoms with Gasteiger partial charge < -0.3 is 15.0 Å². The Bertz CT molecular complexity index is 1090. The lowest BCUT2D eigenvalue weighted by molar-refractivity contribution is -0.143. The van der Waals surface area contributed by atoms with Gasteiger partial charge in [-0.05, 0) is 30.7 Å². The molecule has 1 amide bonds. The Morgan fingerprint density at radius 3 is 2.72 bits per heavy atom. The van der Waals surface area contributed by atoms with Gasteiger partial charge in [0.1, 0.15) is 11.6 Å². The van der Waals surface area contributed by atoms with Gasteiger partial charge in [-0.25, -0.2) is 13.6 Å². The van der Waals surface area contributed by atoms with Crippen molar-refractivity contribution in [3.05, 3.63) is 70.1 Å². The van der Waals surface area contributed by atoms with Crippen molar-refractivity contribution in [1.29, 1.82) is 0 Å². The minimum atomic E-state index is -0.974. The molecule has 9 heteroatoms. The molecule has 3 rings (SSSR count). The van der Waals surface area contributed by atoms with Crippen LogP contribution in [0, 0.1) is 11.6 Å². The highest BCUT2D eigenvalue weighted by atomic mass is 19.1. The second kappa shape index (κ2) is 9.13. The normalized spacial score (nSPS) is 10.8. The number of H-pyrrole nitrogens is 1. The summed E-state index contributed by atoms with van der Waals surface area (Å²) >= 11 is 0. The fraction of sp³-hybridized carbons (Fsp3) is 0.250. The number of halogens is 2. The number of para-hydroxylation sites is 2. The molecule has 3 aromatic rings. The summed E-state index contributed by atoms with van der Waals surface area (Å²) in [6.45, 7) is 0.457. The number of ether oxygens (including phenoxy) is 1. The summed E-state index contributed by atoms with van der Waals surface area (Å²) in [5.41, 5.74) is 0.986. The molecule has 2 aromatic carbocycles. The molecule has 0 saturated heterocycles. The fourth-order valence-electron chi connectivity index (χ4n) is 2.86. The van der Waals surface area contributed by atoms with E-state index in [1.165, 1.54) is 0 Å². The molecule has 0 atom stereocenters. The van der Waals surface area contributed by atoms with Crippen LogP contribution in [0.5, 0.6) is 0 Å². The number of aryl methyl sites for hydroxylation is 1. The van der Waals surface area contributed by atoms with Gasteiger partial charge in [-0.1, -0.05) is 12.1 Å². The van der Waals surface area contributed by atoms with Gasteiger partial charge in [-0.2, -0.15) is 0 Å².